The molecule has 0 spiro atoms. The number of hydrogen-bond acceptors (Lipinski definition) is 5. The van der Waals surface area contributed by atoms with Gasteiger partial charge in [0.05, 0.1) is 10.6 Å². The lowest BCUT2D eigenvalue weighted by atomic mass is 10.1. The van der Waals surface area contributed by atoms with Crippen molar-refractivity contribution in [1.29, 1.82) is 0 Å². The van der Waals surface area contributed by atoms with Crippen molar-refractivity contribution in [3.05, 3.63) is 42.0 Å². The monoisotopic (exact) mass is 401 g/mol. The van der Waals surface area contributed by atoms with E-state index in [4.69, 9.17) is 10.5 Å². The fourth-order valence-corrected chi connectivity index (χ4v) is 4.11. The molecule has 6 nitrogen and oxygen atoms in total. The van der Waals surface area contributed by atoms with Crippen LogP contribution >= 0.6 is 11.3 Å². The number of benzene rings is 1. The summed E-state index contributed by atoms with van der Waals surface area (Å²) in [6.07, 6.45) is 1.30. The average molecular weight is 402 g/mol. The third kappa shape index (κ3) is 5.04. The minimum atomic E-state index is -0.535. The maximum Gasteiger partial charge on any atom is 0.410 e. The molecule has 1 atom stereocenters. The van der Waals surface area contributed by atoms with Gasteiger partial charge in [0.2, 0.25) is 0 Å². The number of nitrogens with two attached hydrogens (primary N) is 1. The highest BCUT2D eigenvalue weighted by atomic mass is 32.1. The summed E-state index contributed by atoms with van der Waals surface area (Å²) < 4.78 is 5.44. The Morgan fingerprint density at radius 2 is 1.96 bits per heavy atom. The molecule has 1 aliphatic heterocycles. The van der Waals surface area contributed by atoms with Crippen LogP contribution in [0.3, 0.4) is 0 Å². The van der Waals surface area contributed by atoms with Gasteiger partial charge in [0.15, 0.2) is 0 Å². The van der Waals surface area contributed by atoms with Gasteiger partial charge in [0.1, 0.15) is 5.60 Å². The van der Waals surface area contributed by atoms with Crippen LogP contribution in [0.5, 0.6) is 0 Å². The van der Waals surface area contributed by atoms with Crippen LogP contribution in [0.25, 0.3) is 10.4 Å². The number of nitrogens with one attached hydrogen (secondary N) is 1. The van der Waals surface area contributed by atoms with Gasteiger partial charge >= 0.3 is 6.09 Å². The van der Waals surface area contributed by atoms with Crippen molar-refractivity contribution in [2.24, 2.45) is 0 Å². The first-order chi connectivity index (χ1) is 13.2. The summed E-state index contributed by atoms with van der Waals surface area (Å²) in [7, 11) is 0. The molecule has 3 N–H and O–H groups in total. The first-order valence-electron chi connectivity index (χ1n) is 9.46. The van der Waals surface area contributed by atoms with Crippen LogP contribution in [0.4, 0.5) is 9.80 Å². The molecule has 0 saturated carbocycles. The second-order valence-corrected chi connectivity index (χ2v) is 9.08. The number of ether oxygens (including phenoxy) is 1. The molecule has 1 fully saturated rings. The Labute approximate surface area is 169 Å². The van der Waals surface area contributed by atoms with Crippen LogP contribution in [0.15, 0.2) is 36.4 Å². The number of carbonyl (C=O) groups is 2. The van der Waals surface area contributed by atoms with E-state index in [1.54, 1.807) is 4.90 Å². The van der Waals surface area contributed by atoms with E-state index in [0.29, 0.717) is 23.7 Å². The van der Waals surface area contributed by atoms with Crippen molar-refractivity contribution in [3.8, 4) is 10.4 Å². The second kappa shape index (κ2) is 8.22. The maximum absolute atomic E-state index is 12.8. The van der Waals surface area contributed by atoms with Crippen molar-refractivity contribution in [2.45, 2.75) is 45.3 Å². The number of rotatable bonds is 3. The van der Waals surface area contributed by atoms with Crippen molar-refractivity contribution in [3.63, 3.8) is 0 Å². The summed E-state index contributed by atoms with van der Waals surface area (Å²) in [6.45, 7) is 6.61. The summed E-state index contributed by atoms with van der Waals surface area (Å²) in [5.41, 5.74) is 7.09. The zero-order chi connectivity index (χ0) is 20.3. The van der Waals surface area contributed by atoms with Gasteiger partial charge in [-0.2, -0.15) is 0 Å². The van der Waals surface area contributed by atoms with Gasteiger partial charge in [0.25, 0.3) is 5.91 Å². The highest BCUT2D eigenvalue weighted by molar-refractivity contribution is 7.19. The molecule has 0 unspecified atom stereocenters. The quantitative estimate of drug-likeness (QED) is 0.810. The average Bonchev–Trinajstić information content (AvgIpc) is 3.03. The number of anilines is 1. The smallest absolute Gasteiger partial charge is 0.410 e. The summed E-state index contributed by atoms with van der Waals surface area (Å²) >= 11 is 1.40. The first-order valence-corrected chi connectivity index (χ1v) is 10.3. The van der Waals surface area contributed by atoms with E-state index in [2.05, 4.69) is 5.32 Å². The lowest BCUT2D eigenvalue weighted by Gasteiger charge is -2.34. The van der Waals surface area contributed by atoms with Gasteiger partial charge in [-0.3, -0.25) is 4.79 Å². The van der Waals surface area contributed by atoms with Crippen LogP contribution in [-0.2, 0) is 4.74 Å². The molecule has 0 radical (unpaired) electrons. The molecule has 2 aromatic rings. The van der Waals surface area contributed by atoms with Crippen LogP contribution in [0.1, 0.15) is 44.0 Å². The highest BCUT2D eigenvalue weighted by Gasteiger charge is 2.29. The van der Waals surface area contributed by atoms with E-state index in [1.165, 1.54) is 11.3 Å². The molecule has 2 heterocycles. The molecule has 1 aromatic heterocycles. The van der Waals surface area contributed by atoms with Gasteiger partial charge in [-0.25, -0.2) is 4.79 Å². The third-order valence-electron chi connectivity index (χ3n) is 4.47. The van der Waals surface area contributed by atoms with Gasteiger partial charge in [-0.1, -0.05) is 30.3 Å². The van der Waals surface area contributed by atoms with Crippen molar-refractivity contribution < 1.29 is 14.3 Å². The maximum atomic E-state index is 12.8. The van der Waals surface area contributed by atoms with E-state index < -0.39 is 5.60 Å². The summed E-state index contributed by atoms with van der Waals surface area (Å²) in [5, 5.41) is 3.52. The minimum absolute atomic E-state index is 0.117. The van der Waals surface area contributed by atoms with Gasteiger partial charge in [-0.05, 0) is 45.2 Å². The number of hydrogen-bond donors (Lipinski definition) is 2. The fraction of sp³-hybridized carbons (Fsp3) is 0.429. The highest BCUT2D eigenvalue weighted by Crippen LogP contribution is 2.33. The van der Waals surface area contributed by atoms with Crippen LogP contribution in [0, 0.1) is 0 Å². The molecule has 3 rings (SSSR count). The second-order valence-electron chi connectivity index (χ2n) is 7.99. The van der Waals surface area contributed by atoms with E-state index in [1.807, 2.05) is 57.2 Å². The van der Waals surface area contributed by atoms with Crippen molar-refractivity contribution in [1.82, 2.24) is 10.2 Å². The van der Waals surface area contributed by atoms with Crippen molar-refractivity contribution in [2.75, 3.05) is 18.8 Å². The topological polar surface area (TPSA) is 84.7 Å². The predicted octanol–water partition coefficient (Wildman–Crippen LogP) is 4.13. The Morgan fingerprint density at radius 1 is 1.25 bits per heavy atom. The first kappa shape index (κ1) is 20.2. The molecule has 1 saturated heterocycles. The van der Waals surface area contributed by atoms with Crippen LogP contribution < -0.4 is 11.1 Å². The Bertz CT molecular complexity index is 842. The third-order valence-corrected chi connectivity index (χ3v) is 5.49. The van der Waals surface area contributed by atoms with Gasteiger partial charge in [0, 0.05) is 24.0 Å². The molecule has 28 heavy (non-hydrogen) atoms. The SMILES string of the molecule is CC(C)(C)OC(=O)N1CCC[C@H](NC(=O)c2cc(-c3ccccc3)sc2N)C1. The number of thiophene rings is 1. The molecule has 0 bridgehead atoms. The lowest BCUT2D eigenvalue weighted by molar-refractivity contribution is 0.0185. The lowest BCUT2D eigenvalue weighted by Crippen LogP contribution is -2.50. The number of likely N-dealkylation sites (tertiary alicyclic amines) is 1. The number of piperidine rings is 1. The van der Waals surface area contributed by atoms with Gasteiger partial charge < -0.3 is 20.7 Å². The standard InChI is InChI=1S/C21H27N3O3S/c1-21(2,3)27-20(26)24-11-7-10-15(13-24)23-19(25)16-12-17(28-18(16)22)14-8-5-4-6-9-14/h4-6,8-9,12,15H,7,10-11,13,22H2,1-3H3,(H,23,25)/t15-/m0/s1. The molecule has 0 aliphatic carbocycles. The fourth-order valence-electron chi connectivity index (χ4n) is 3.18. The van der Waals surface area contributed by atoms with Crippen LogP contribution in [-0.4, -0.2) is 41.6 Å². The van der Waals surface area contributed by atoms with Crippen molar-refractivity contribution >= 4 is 28.3 Å². The van der Waals surface area contributed by atoms with E-state index in [0.717, 1.165) is 23.3 Å². The molecule has 1 aliphatic rings. The summed E-state index contributed by atoms with van der Waals surface area (Å²) in [6, 6.07) is 11.6. The number of nitrogens with zero attached hydrogens (tertiary/aromatic N) is 1. The zero-order valence-electron chi connectivity index (χ0n) is 16.5. The molecular formula is C21H27N3O3S. The number of nitrogen functional groups attached to an aromatic ring is 1. The Hall–Kier alpha value is -2.54. The predicted molar refractivity (Wildman–Crippen MR) is 112 cm³/mol. The van der Waals surface area contributed by atoms with E-state index in [9.17, 15) is 9.59 Å². The molecule has 2 amide bonds. The van der Waals surface area contributed by atoms with E-state index >= 15 is 0 Å². The van der Waals surface area contributed by atoms with Gasteiger partial charge in [-0.15, -0.1) is 11.3 Å². The zero-order valence-corrected chi connectivity index (χ0v) is 17.3. The Balaban J connectivity index is 1.65. The Morgan fingerprint density at radius 3 is 2.64 bits per heavy atom. The van der Waals surface area contributed by atoms with E-state index in [-0.39, 0.29) is 18.0 Å². The Kier molecular flexibility index (Phi) is 5.93. The largest absolute Gasteiger partial charge is 0.444 e. The van der Waals surface area contributed by atoms with Crippen LogP contribution in [0.2, 0.25) is 0 Å². The number of amides is 2. The number of carbonyl (C=O) groups excluding carboxylic acids is 2. The molecule has 1 aromatic carbocycles. The molecular weight excluding hydrogens is 374 g/mol. The normalized spacial score (nSPS) is 17.2. The summed E-state index contributed by atoms with van der Waals surface area (Å²) in [5.74, 6) is -0.202. The summed E-state index contributed by atoms with van der Waals surface area (Å²) in [4.78, 5) is 27.7. The minimum Gasteiger partial charge on any atom is -0.444 e. The molecule has 150 valence electrons. The molecule has 7 heteroatoms.